The lowest BCUT2D eigenvalue weighted by molar-refractivity contribution is -0.134. The van der Waals surface area contributed by atoms with Crippen molar-refractivity contribution >= 4 is 38.0 Å². The quantitative estimate of drug-likeness (QED) is 0.596. The standard InChI is InChI=1S/C22H28BrN3O5S/c1-22(2,3)31-21(28)25-13-9-17(10-14-25)20(27)24-11-4-12-26(16-15-24)32(29,30)19-7-5-18(23)6-8-19/h4-8,12,15-17H,9-11,13-14H2,1-3H3. The summed E-state index contributed by atoms with van der Waals surface area (Å²) in [5.74, 6) is -0.320. The van der Waals surface area contributed by atoms with Gasteiger partial charge < -0.3 is 14.5 Å². The van der Waals surface area contributed by atoms with Crippen molar-refractivity contribution in [1.29, 1.82) is 0 Å². The van der Waals surface area contributed by atoms with Crippen LogP contribution >= 0.6 is 15.9 Å². The SMILES string of the molecule is CC(C)(C)OC(=O)N1CCC(C(=O)N2C=CN(S(=O)(=O)c3ccc(Br)cc3)C=CC2)CC1. The van der Waals surface area contributed by atoms with E-state index in [0.29, 0.717) is 25.9 Å². The average Bonchev–Trinajstić information content (AvgIpc) is 2.99. The molecule has 0 saturated carbocycles. The maximum absolute atomic E-state index is 13.0. The van der Waals surface area contributed by atoms with Crippen molar-refractivity contribution in [2.24, 2.45) is 5.92 Å². The lowest BCUT2D eigenvalue weighted by Crippen LogP contribution is -2.45. The van der Waals surface area contributed by atoms with Crippen molar-refractivity contribution in [1.82, 2.24) is 14.1 Å². The predicted octanol–water partition coefficient (Wildman–Crippen LogP) is 3.91. The number of amides is 2. The Labute approximate surface area is 197 Å². The van der Waals surface area contributed by atoms with Crippen molar-refractivity contribution in [3.05, 3.63) is 53.4 Å². The van der Waals surface area contributed by atoms with Crippen molar-refractivity contribution in [2.75, 3.05) is 19.6 Å². The minimum atomic E-state index is -3.77. The monoisotopic (exact) mass is 525 g/mol. The number of nitrogens with zero attached hydrogens (tertiary/aromatic N) is 3. The normalized spacial score (nSPS) is 17.9. The Hall–Kier alpha value is -2.33. The van der Waals surface area contributed by atoms with E-state index >= 15 is 0 Å². The number of halogens is 1. The Balaban J connectivity index is 1.62. The Kier molecular flexibility index (Phi) is 7.34. The van der Waals surface area contributed by atoms with Gasteiger partial charge in [-0.25, -0.2) is 17.5 Å². The number of hydrogen-bond donors (Lipinski definition) is 0. The highest BCUT2D eigenvalue weighted by Gasteiger charge is 2.32. The number of benzene rings is 1. The maximum atomic E-state index is 13.0. The van der Waals surface area contributed by atoms with Crippen LogP contribution < -0.4 is 0 Å². The smallest absolute Gasteiger partial charge is 0.410 e. The zero-order valence-corrected chi connectivity index (χ0v) is 20.8. The molecule has 0 radical (unpaired) electrons. The largest absolute Gasteiger partial charge is 0.444 e. The molecule has 2 amide bonds. The van der Waals surface area contributed by atoms with E-state index in [0.717, 1.165) is 8.78 Å². The molecule has 10 heteroatoms. The number of likely N-dealkylation sites (tertiary alicyclic amines) is 1. The summed E-state index contributed by atoms with van der Waals surface area (Å²) in [4.78, 5) is 28.5. The molecule has 0 bridgehead atoms. The van der Waals surface area contributed by atoms with Crippen LogP contribution in [-0.2, 0) is 19.6 Å². The Morgan fingerprint density at radius 1 is 1.03 bits per heavy atom. The van der Waals surface area contributed by atoms with Gasteiger partial charge in [-0.15, -0.1) is 0 Å². The van der Waals surface area contributed by atoms with Gasteiger partial charge in [-0.05, 0) is 64.0 Å². The minimum Gasteiger partial charge on any atom is -0.444 e. The molecule has 1 aromatic carbocycles. The molecule has 2 aliphatic rings. The molecule has 2 aliphatic heterocycles. The summed E-state index contributed by atoms with van der Waals surface area (Å²) in [7, 11) is -3.77. The van der Waals surface area contributed by atoms with Crippen molar-refractivity contribution in [3.8, 4) is 0 Å². The van der Waals surface area contributed by atoms with E-state index in [4.69, 9.17) is 4.74 Å². The number of sulfonamides is 1. The Morgan fingerprint density at radius 3 is 2.25 bits per heavy atom. The zero-order chi connectivity index (χ0) is 23.5. The second-order valence-electron chi connectivity index (χ2n) is 8.70. The summed E-state index contributed by atoms with van der Waals surface area (Å²) in [6.07, 6.45) is 6.68. The first-order valence-corrected chi connectivity index (χ1v) is 12.6. The number of rotatable bonds is 3. The van der Waals surface area contributed by atoms with E-state index < -0.39 is 15.6 Å². The number of ether oxygens (including phenoxy) is 1. The molecule has 0 unspecified atom stereocenters. The lowest BCUT2D eigenvalue weighted by Gasteiger charge is -2.34. The van der Waals surface area contributed by atoms with Crippen LogP contribution in [0.25, 0.3) is 0 Å². The molecule has 2 heterocycles. The zero-order valence-electron chi connectivity index (χ0n) is 18.4. The molecule has 8 nitrogen and oxygen atoms in total. The summed E-state index contributed by atoms with van der Waals surface area (Å²) in [6, 6.07) is 6.37. The van der Waals surface area contributed by atoms with Gasteiger partial charge in [0.05, 0.1) is 4.90 Å². The molecule has 174 valence electrons. The van der Waals surface area contributed by atoms with Gasteiger partial charge in [0.2, 0.25) is 5.91 Å². The average molecular weight is 526 g/mol. The van der Waals surface area contributed by atoms with Crippen molar-refractivity contribution in [3.63, 3.8) is 0 Å². The number of piperidine rings is 1. The van der Waals surface area contributed by atoms with Gasteiger partial charge in [-0.2, -0.15) is 0 Å². The third-order valence-corrected chi connectivity index (χ3v) is 7.31. The fourth-order valence-corrected chi connectivity index (χ4v) is 4.89. The molecule has 1 aromatic rings. The highest BCUT2D eigenvalue weighted by atomic mass is 79.9. The van der Waals surface area contributed by atoms with E-state index in [1.165, 1.54) is 35.6 Å². The minimum absolute atomic E-state index is 0.0855. The van der Waals surface area contributed by atoms with E-state index in [-0.39, 0.29) is 29.4 Å². The van der Waals surface area contributed by atoms with Crippen LogP contribution in [0.4, 0.5) is 4.79 Å². The van der Waals surface area contributed by atoms with Gasteiger partial charge >= 0.3 is 6.09 Å². The highest BCUT2D eigenvalue weighted by molar-refractivity contribution is 9.10. The third kappa shape index (κ3) is 5.92. The topological polar surface area (TPSA) is 87.2 Å². The van der Waals surface area contributed by atoms with E-state index in [9.17, 15) is 18.0 Å². The number of hydrogen-bond acceptors (Lipinski definition) is 5. The first-order chi connectivity index (χ1) is 15.0. The van der Waals surface area contributed by atoms with Crippen LogP contribution in [0, 0.1) is 5.92 Å². The maximum Gasteiger partial charge on any atom is 0.410 e. The van der Waals surface area contributed by atoms with Crippen LogP contribution in [0.15, 0.2) is 58.3 Å². The molecule has 0 spiro atoms. The number of carbonyl (C=O) groups excluding carboxylic acids is 2. The van der Waals surface area contributed by atoms with Gasteiger partial charge in [0.15, 0.2) is 0 Å². The predicted molar refractivity (Wildman–Crippen MR) is 124 cm³/mol. The van der Waals surface area contributed by atoms with E-state index in [2.05, 4.69) is 15.9 Å². The second kappa shape index (κ2) is 9.66. The first kappa shape index (κ1) is 24.3. The molecule has 0 aliphatic carbocycles. The van der Waals surface area contributed by atoms with Crippen LogP contribution in [0.5, 0.6) is 0 Å². The summed E-state index contributed by atoms with van der Waals surface area (Å²) in [6.45, 7) is 6.63. The molecule has 1 saturated heterocycles. The van der Waals surface area contributed by atoms with Crippen molar-refractivity contribution in [2.45, 2.75) is 44.1 Å². The van der Waals surface area contributed by atoms with Gasteiger partial charge in [-0.3, -0.25) is 4.79 Å². The summed E-state index contributed by atoms with van der Waals surface area (Å²) in [5.41, 5.74) is -0.560. The summed E-state index contributed by atoms with van der Waals surface area (Å²) < 4.78 is 33.1. The fourth-order valence-electron chi connectivity index (χ4n) is 3.44. The van der Waals surface area contributed by atoms with Gasteiger partial charge in [0.25, 0.3) is 10.0 Å². The van der Waals surface area contributed by atoms with E-state index in [1.807, 2.05) is 20.8 Å². The first-order valence-electron chi connectivity index (χ1n) is 10.4. The van der Waals surface area contributed by atoms with Crippen LogP contribution in [0.1, 0.15) is 33.6 Å². The third-order valence-electron chi connectivity index (χ3n) is 5.12. The van der Waals surface area contributed by atoms with Crippen LogP contribution in [-0.4, -0.2) is 59.8 Å². The Morgan fingerprint density at radius 2 is 1.66 bits per heavy atom. The molecular formula is C22H28BrN3O5S. The van der Waals surface area contributed by atoms with Crippen molar-refractivity contribution < 1.29 is 22.7 Å². The molecular weight excluding hydrogens is 498 g/mol. The Bertz CT molecular complexity index is 1010. The fraction of sp³-hybridized carbons (Fsp3) is 0.455. The number of carbonyl (C=O) groups is 2. The molecule has 32 heavy (non-hydrogen) atoms. The summed E-state index contributed by atoms with van der Waals surface area (Å²) in [5, 5.41) is 0. The van der Waals surface area contributed by atoms with Gasteiger partial charge in [0, 0.05) is 48.6 Å². The van der Waals surface area contributed by atoms with Gasteiger partial charge in [0.1, 0.15) is 5.60 Å². The molecule has 0 atom stereocenters. The van der Waals surface area contributed by atoms with Crippen LogP contribution in [0.3, 0.4) is 0 Å². The molecule has 0 aromatic heterocycles. The lowest BCUT2D eigenvalue weighted by atomic mass is 9.95. The summed E-state index contributed by atoms with van der Waals surface area (Å²) >= 11 is 3.30. The second-order valence-corrected chi connectivity index (χ2v) is 11.5. The highest BCUT2D eigenvalue weighted by Crippen LogP contribution is 2.24. The van der Waals surface area contributed by atoms with Gasteiger partial charge in [-0.1, -0.05) is 15.9 Å². The molecule has 1 fully saturated rings. The van der Waals surface area contributed by atoms with Crippen LogP contribution in [0.2, 0.25) is 0 Å². The molecule has 0 N–H and O–H groups in total. The van der Waals surface area contributed by atoms with E-state index in [1.54, 1.807) is 23.1 Å². The molecule has 3 rings (SSSR count).